The molecule has 0 saturated heterocycles. The maximum absolute atomic E-state index is 12.6. The van der Waals surface area contributed by atoms with Crippen LogP contribution in [-0.4, -0.2) is 12.3 Å². The molecule has 0 aromatic heterocycles. The predicted octanol–water partition coefficient (Wildman–Crippen LogP) is 2.82. The van der Waals surface area contributed by atoms with E-state index in [1.165, 1.54) is 24.3 Å². The standard InChI is InChI=1S/C9H8F3O/c1-7(10)9(11,12)13-8-5-3-2-4-6-8/h2-3,5-7H,1H3. The summed E-state index contributed by atoms with van der Waals surface area (Å²) >= 11 is 0. The Balaban J connectivity index is 2.69. The molecule has 1 atom stereocenters. The van der Waals surface area contributed by atoms with Crippen molar-refractivity contribution in [2.24, 2.45) is 0 Å². The van der Waals surface area contributed by atoms with E-state index in [0.717, 1.165) is 6.92 Å². The van der Waals surface area contributed by atoms with Gasteiger partial charge in [0, 0.05) is 0 Å². The van der Waals surface area contributed by atoms with Crippen molar-refractivity contribution in [2.75, 3.05) is 0 Å². The number of hydrogen-bond donors (Lipinski definition) is 0. The molecular formula is C9H8F3O. The highest BCUT2D eigenvalue weighted by atomic mass is 19.3. The van der Waals surface area contributed by atoms with Crippen LogP contribution in [0.15, 0.2) is 24.3 Å². The van der Waals surface area contributed by atoms with E-state index in [-0.39, 0.29) is 5.75 Å². The third-order valence-electron chi connectivity index (χ3n) is 1.40. The molecule has 71 valence electrons. The lowest BCUT2D eigenvalue weighted by Gasteiger charge is -2.18. The molecule has 1 rings (SSSR count). The van der Waals surface area contributed by atoms with Crippen LogP contribution in [0.2, 0.25) is 0 Å². The average molecular weight is 189 g/mol. The van der Waals surface area contributed by atoms with Crippen molar-refractivity contribution < 1.29 is 17.9 Å². The van der Waals surface area contributed by atoms with Gasteiger partial charge >= 0.3 is 6.11 Å². The predicted molar refractivity (Wildman–Crippen MR) is 41.4 cm³/mol. The van der Waals surface area contributed by atoms with E-state index in [4.69, 9.17) is 0 Å². The summed E-state index contributed by atoms with van der Waals surface area (Å²) < 4.78 is 41.6. The zero-order valence-corrected chi connectivity index (χ0v) is 6.93. The van der Waals surface area contributed by atoms with Gasteiger partial charge in [0.05, 0.1) is 0 Å². The lowest BCUT2D eigenvalue weighted by atomic mass is 10.3. The van der Waals surface area contributed by atoms with Crippen LogP contribution in [0, 0.1) is 6.07 Å². The molecule has 1 radical (unpaired) electrons. The molecule has 0 saturated carbocycles. The van der Waals surface area contributed by atoms with E-state index in [1.807, 2.05) is 0 Å². The normalized spacial score (nSPS) is 13.8. The van der Waals surface area contributed by atoms with Crippen LogP contribution < -0.4 is 4.74 Å². The number of benzene rings is 1. The van der Waals surface area contributed by atoms with Gasteiger partial charge in [0.15, 0.2) is 0 Å². The average Bonchev–Trinajstić information content (AvgIpc) is 2.05. The molecule has 1 aromatic rings. The van der Waals surface area contributed by atoms with Crippen molar-refractivity contribution in [3.05, 3.63) is 30.3 Å². The van der Waals surface area contributed by atoms with Crippen LogP contribution in [0.3, 0.4) is 0 Å². The highest BCUT2D eigenvalue weighted by Gasteiger charge is 2.39. The topological polar surface area (TPSA) is 9.23 Å². The Morgan fingerprint density at radius 1 is 1.54 bits per heavy atom. The maximum atomic E-state index is 12.6. The monoisotopic (exact) mass is 189 g/mol. The van der Waals surface area contributed by atoms with Crippen molar-refractivity contribution >= 4 is 0 Å². The third kappa shape index (κ3) is 2.65. The first-order valence-electron chi connectivity index (χ1n) is 3.69. The van der Waals surface area contributed by atoms with E-state index in [2.05, 4.69) is 10.8 Å². The van der Waals surface area contributed by atoms with E-state index in [1.54, 1.807) is 0 Å². The third-order valence-corrected chi connectivity index (χ3v) is 1.40. The Labute approximate surface area is 74.1 Å². The van der Waals surface area contributed by atoms with Crippen LogP contribution >= 0.6 is 0 Å². The summed E-state index contributed by atoms with van der Waals surface area (Å²) in [5.74, 6) is -0.1000. The van der Waals surface area contributed by atoms with Crippen LogP contribution in [0.25, 0.3) is 0 Å². The van der Waals surface area contributed by atoms with E-state index >= 15 is 0 Å². The van der Waals surface area contributed by atoms with Crippen molar-refractivity contribution in [2.45, 2.75) is 19.2 Å². The second-order valence-electron chi connectivity index (χ2n) is 2.52. The minimum atomic E-state index is -3.78. The zero-order valence-electron chi connectivity index (χ0n) is 6.93. The summed E-state index contributed by atoms with van der Waals surface area (Å²) in [6.07, 6.45) is -6.12. The maximum Gasteiger partial charge on any atom is 0.429 e. The summed E-state index contributed by atoms with van der Waals surface area (Å²) in [6, 6.07) is 8.08. The van der Waals surface area contributed by atoms with Gasteiger partial charge in [-0.1, -0.05) is 12.1 Å². The molecule has 0 aliphatic heterocycles. The first kappa shape index (κ1) is 9.89. The lowest BCUT2D eigenvalue weighted by molar-refractivity contribution is -0.215. The summed E-state index contributed by atoms with van der Waals surface area (Å²) in [6.45, 7) is 0.743. The van der Waals surface area contributed by atoms with Gasteiger partial charge in [0.1, 0.15) is 5.75 Å². The van der Waals surface area contributed by atoms with Gasteiger partial charge in [-0.25, -0.2) is 4.39 Å². The van der Waals surface area contributed by atoms with Gasteiger partial charge in [-0.3, -0.25) is 0 Å². The Bertz CT molecular complexity index is 259. The lowest BCUT2D eigenvalue weighted by Crippen LogP contribution is -2.34. The van der Waals surface area contributed by atoms with Gasteiger partial charge in [-0.15, -0.1) is 0 Å². The molecule has 1 nitrogen and oxygen atoms in total. The van der Waals surface area contributed by atoms with Crippen LogP contribution in [0.1, 0.15) is 6.92 Å². The van der Waals surface area contributed by atoms with Crippen molar-refractivity contribution in [1.82, 2.24) is 0 Å². The van der Waals surface area contributed by atoms with Gasteiger partial charge in [0.25, 0.3) is 0 Å². The highest BCUT2D eigenvalue weighted by molar-refractivity contribution is 5.20. The van der Waals surface area contributed by atoms with Gasteiger partial charge in [-0.05, 0) is 25.1 Å². The Morgan fingerprint density at radius 3 is 2.69 bits per heavy atom. The van der Waals surface area contributed by atoms with Crippen molar-refractivity contribution in [1.29, 1.82) is 0 Å². The van der Waals surface area contributed by atoms with Crippen LogP contribution in [0.4, 0.5) is 13.2 Å². The van der Waals surface area contributed by atoms with Crippen molar-refractivity contribution in [3.63, 3.8) is 0 Å². The largest absolute Gasteiger partial charge is 0.430 e. The van der Waals surface area contributed by atoms with Gasteiger partial charge in [-0.2, -0.15) is 8.78 Å². The first-order valence-corrected chi connectivity index (χ1v) is 3.69. The fraction of sp³-hybridized carbons (Fsp3) is 0.333. The molecule has 0 aliphatic rings. The minimum absolute atomic E-state index is 0.1000. The number of hydrogen-bond acceptors (Lipinski definition) is 1. The second-order valence-corrected chi connectivity index (χ2v) is 2.52. The molecule has 0 fully saturated rings. The quantitative estimate of drug-likeness (QED) is 0.710. The SMILES string of the molecule is CC(F)C(F)(F)Oc1c[c]ccc1. The number of rotatable bonds is 3. The Kier molecular flexibility index (Phi) is 2.80. The second kappa shape index (κ2) is 3.68. The molecule has 0 N–H and O–H groups in total. The highest BCUT2D eigenvalue weighted by Crippen LogP contribution is 2.25. The fourth-order valence-corrected chi connectivity index (χ4v) is 0.679. The van der Waals surface area contributed by atoms with E-state index < -0.39 is 12.3 Å². The van der Waals surface area contributed by atoms with Crippen LogP contribution in [-0.2, 0) is 0 Å². The number of halogens is 3. The Morgan fingerprint density at radius 2 is 2.23 bits per heavy atom. The van der Waals surface area contributed by atoms with Crippen molar-refractivity contribution in [3.8, 4) is 5.75 Å². The summed E-state index contributed by atoms with van der Waals surface area (Å²) in [5, 5.41) is 0. The first-order chi connectivity index (χ1) is 6.02. The Hall–Kier alpha value is -1.19. The molecule has 0 heterocycles. The van der Waals surface area contributed by atoms with E-state index in [9.17, 15) is 13.2 Å². The molecule has 0 aliphatic carbocycles. The molecular weight excluding hydrogens is 181 g/mol. The molecule has 13 heavy (non-hydrogen) atoms. The number of ether oxygens (including phenoxy) is 1. The molecule has 4 heteroatoms. The molecule has 1 aromatic carbocycles. The summed E-state index contributed by atoms with van der Waals surface area (Å²) in [4.78, 5) is 0. The van der Waals surface area contributed by atoms with Gasteiger partial charge in [0.2, 0.25) is 6.17 Å². The molecule has 0 amide bonds. The van der Waals surface area contributed by atoms with Crippen LogP contribution in [0.5, 0.6) is 5.75 Å². The zero-order chi connectivity index (χ0) is 9.90. The summed E-state index contributed by atoms with van der Waals surface area (Å²) in [5.41, 5.74) is 0. The summed E-state index contributed by atoms with van der Waals surface area (Å²) in [7, 11) is 0. The molecule has 0 spiro atoms. The number of alkyl halides is 3. The smallest absolute Gasteiger partial charge is 0.429 e. The fourth-order valence-electron chi connectivity index (χ4n) is 0.679. The van der Waals surface area contributed by atoms with Gasteiger partial charge < -0.3 is 4.74 Å². The minimum Gasteiger partial charge on any atom is -0.430 e. The molecule has 0 bridgehead atoms. The molecule has 1 unspecified atom stereocenters. The van der Waals surface area contributed by atoms with E-state index in [0.29, 0.717) is 0 Å².